The van der Waals surface area contributed by atoms with E-state index in [1.807, 2.05) is 6.92 Å². The molecule has 0 aromatic heterocycles. The van der Waals surface area contributed by atoms with E-state index in [2.05, 4.69) is 49.9 Å². The van der Waals surface area contributed by atoms with E-state index < -0.39 is 0 Å². The number of fused-ring (bicyclic) bond motifs is 2. The third-order valence-electron chi connectivity index (χ3n) is 4.33. The summed E-state index contributed by atoms with van der Waals surface area (Å²) < 4.78 is 0. The second-order valence-electron chi connectivity index (χ2n) is 6.19. The fourth-order valence-corrected chi connectivity index (χ4v) is 3.39. The Balaban J connectivity index is 2.29. The minimum absolute atomic E-state index is 0.806. The van der Waals surface area contributed by atoms with Crippen LogP contribution >= 0.6 is 0 Å². The van der Waals surface area contributed by atoms with E-state index in [-0.39, 0.29) is 0 Å². The number of allylic oxidation sites excluding steroid dienone is 5. The maximum Gasteiger partial charge on any atom is 0.0544 e. The highest BCUT2D eigenvalue weighted by atomic mass is 14.8. The summed E-state index contributed by atoms with van der Waals surface area (Å²) in [6.45, 7) is 8.94. The molecule has 0 amide bonds. The molecule has 0 atom stereocenters. The van der Waals surface area contributed by atoms with Gasteiger partial charge in [-0.25, -0.2) is 0 Å². The maximum atomic E-state index is 4.89. The molecule has 2 aliphatic rings. The third-order valence-corrected chi connectivity index (χ3v) is 4.33. The van der Waals surface area contributed by atoms with Crippen LogP contribution in [0, 0.1) is 0 Å². The lowest BCUT2D eigenvalue weighted by atomic mass is 9.93. The van der Waals surface area contributed by atoms with E-state index in [0.29, 0.717) is 0 Å². The summed E-state index contributed by atoms with van der Waals surface area (Å²) in [5, 5.41) is 0. The highest BCUT2D eigenvalue weighted by Crippen LogP contribution is 2.34. The molecule has 0 unspecified atom stereocenters. The van der Waals surface area contributed by atoms with Crippen molar-refractivity contribution < 1.29 is 0 Å². The first-order valence-electron chi connectivity index (χ1n) is 8.43. The van der Waals surface area contributed by atoms with E-state index >= 15 is 0 Å². The first-order valence-corrected chi connectivity index (χ1v) is 8.43. The van der Waals surface area contributed by atoms with Gasteiger partial charge in [-0.15, -0.1) is 0 Å². The minimum atomic E-state index is 0.806. The smallest absolute Gasteiger partial charge is 0.0544 e. The van der Waals surface area contributed by atoms with Gasteiger partial charge in [-0.05, 0) is 49.8 Å². The number of rotatable bonds is 2. The molecular weight excluding hydrogens is 280 g/mol. The van der Waals surface area contributed by atoms with Gasteiger partial charge in [-0.3, -0.25) is 9.98 Å². The van der Waals surface area contributed by atoms with Gasteiger partial charge >= 0.3 is 0 Å². The number of aliphatic imine (C=N–C) groups is 2. The van der Waals surface area contributed by atoms with Crippen molar-refractivity contribution in [3.05, 3.63) is 65.4 Å². The zero-order chi connectivity index (χ0) is 16.2. The highest BCUT2D eigenvalue weighted by Gasteiger charge is 2.24. The molecule has 1 aliphatic heterocycles. The van der Waals surface area contributed by atoms with Crippen LogP contribution in [-0.4, -0.2) is 18.0 Å². The number of hydrogen-bond acceptors (Lipinski definition) is 2. The topological polar surface area (TPSA) is 24.7 Å². The maximum absolute atomic E-state index is 4.89. The lowest BCUT2D eigenvalue weighted by Gasteiger charge is -2.11. The van der Waals surface area contributed by atoms with Crippen LogP contribution in [0.5, 0.6) is 0 Å². The Bertz CT molecular complexity index is 745. The van der Waals surface area contributed by atoms with Crippen molar-refractivity contribution in [3.8, 4) is 0 Å². The molecule has 1 aromatic carbocycles. The summed E-state index contributed by atoms with van der Waals surface area (Å²) in [4.78, 5) is 9.64. The lowest BCUT2D eigenvalue weighted by molar-refractivity contribution is 0.770. The van der Waals surface area contributed by atoms with Crippen LogP contribution in [0.4, 0.5) is 0 Å². The molecule has 0 radical (unpaired) electrons. The van der Waals surface area contributed by atoms with Crippen LogP contribution in [0.25, 0.3) is 5.57 Å². The van der Waals surface area contributed by atoms with Crippen molar-refractivity contribution in [2.45, 2.75) is 39.5 Å². The van der Waals surface area contributed by atoms with Crippen molar-refractivity contribution >= 4 is 17.0 Å². The molecule has 1 aromatic rings. The largest absolute Gasteiger partial charge is 0.289 e. The molecule has 1 aliphatic carbocycles. The monoisotopic (exact) mass is 304 g/mol. The van der Waals surface area contributed by atoms with Gasteiger partial charge in [0, 0.05) is 29.9 Å². The van der Waals surface area contributed by atoms with Crippen LogP contribution in [0.3, 0.4) is 0 Å². The average molecular weight is 304 g/mol. The zero-order valence-electron chi connectivity index (χ0n) is 14.1. The van der Waals surface area contributed by atoms with Crippen LogP contribution in [0.15, 0.2) is 64.3 Å². The molecule has 0 N–H and O–H groups in total. The quantitative estimate of drug-likeness (QED) is 0.702. The van der Waals surface area contributed by atoms with E-state index in [0.717, 1.165) is 30.8 Å². The van der Waals surface area contributed by atoms with Crippen molar-refractivity contribution in [1.82, 2.24) is 0 Å². The van der Waals surface area contributed by atoms with E-state index in [4.69, 9.17) is 9.98 Å². The van der Waals surface area contributed by atoms with Gasteiger partial charge in [0.25, 0.3) is 0 Å². The average Bonchev–Trinajstić information content (AvgIpc) is 2.82. The van der Waals surface area contributed by atoms with E-state index in [1.54, 1.807) is 0 Å². The Kier molecular flexibility index (Phi) is 4.71. The molecule has 0 spiro atoms. The van der Waals surface area contributed by atoms with Gasteiger partial charge in [-0.1, -0.05) is 43.0 Å². The van der Waals surface area contributed by atoms with E-state index in [1.165, 1.54) is 40.8 Å². The second-order valence-corrected chi connectivity index (χ2v) is 6.19. The molecule has 0 saturated heterocycles. The summed E-state index contributed by atoms with van der Waals surface area (Å²) in [6.07, 6.45) is 8.65. The molecule has 0 bridgehead atoms. The standard InChI is InChI=1S/C21H24N2/c1-4-9-16-17-10-5-6-11-19(17)21(23-15(2)3)14-20-18(16)12-7-8-13-22-20/h4-6,9-11H,2,7-8,12-14H2,1,3H3/b9-4-,23-21?. The molecule has 3 rings (SSSR count). The molecule has 0 saturated carbocycles. The number of hydrogen-bond donors (Lipinski definition) is 0. The van der Waals surface area contributed by atoms with Gasteiger partial charge in [0.15, 0.2) is 0 Å². The van der Waals surface area contributed by atoms with Crippen LogP contribution in [-0.2, 0) is 0 Å². The number of nitrogens with zero attached hydrogens (tertiary/aromatic N) is 2. The fourth-order valence-electron chi connectivity index (χ4n) is 3.39. The van der Waals surface area contributed by atoms with Crippen LogP contribution < -0.4 is 0 Å². The Morgan fingerprint density at radius 3 is 2.74 bits per heavy atom. The molecule has 2 nitrogen and oxygen atoms in total. The van der Waals surface area contributed by atoms with Gasteiger partial charge in [0.2, 0.25) is 0 Å². The molecule has 0 fully saturated rings. The molecular formula is C21H24N2. The molecule has 23 heavy (non-hydrogen) atoms. The summed E-state index contributed by atoms with van der Waals surface area (Å²) in [5.74, 6) is 0. The Hall–Kier alpha value is -2.22. The van der Waals surface area contributed by atoms with Gasteiger partial charge in [0.1, 0.15) is 0 Å². The number of benzene rings is 1. The summed E-state index contributed by atoms with van der Waals surface area (Å²) in [6, 6.07) is 8.58. The van der Waals surface area contributed by atoms with Gasteiger partial charge < -0.3 is 0 Å². The third kappa shape index (κ3) is 3.26. The predicted molar refractivity (Wildman–Crippen MR) is 100 cm³/mol. The zero-order valence-corrected chi connectivity index (χ0v) is 14.1. The van der Waals surface area contributed by atoms with Crippen molar-refractivity contribution in [1.29, 1.82) is 0 Å². The lowest BCUT2D eigenvalue weighted by Crippen LogP contribution is -2.10. The molecule has 1 heterocycles. The predicted octanol–water partition coefficient (Wildman–Crippen LogP) is 5.37. The summed E-state index contributed by atoms with van der Waals surface area (Å²) in [7, 11) is 0. The van der Waals surface area contributed by atoms with Crippen molar-refractivity contribution in [2.24, 2.45) is 9.98 Å². The minimum Gasteiger partial charge on any atom is -0.289 e. The van der Waals surface area contributed by atoms with Gasteiger partial charge in [-0.2, -0.15) is 0 Å². The Labute approximate surface area is 139 Å². The fraction of sp³-hybridized carbons (Fsp3) is 0.333. The van der Waals surface area contributed by atoms with Crippen LogP contribution in [0.2, 0.25) is 0 Å². The highest BCUT2D eigenvalue weighted by molar-refractivity contribution is 6.24. The molecule has 2 heteroatoms. The first kappa shape index (κ1) is 15.7. The second kappa shape index (κ2) is 6.91. The van der Waals surface area contributed by atoms with Crippen molar-refractivity contribution in [3.63, 3.8) is 0 Å². The summed E-state index contributed by atoms with van der Waals surface area (Å²) >= 11 is 0. The normalized spacial score (nSPS) is 19.9. The first-order chi connectivity index (χ1) is 11.2. The Morgan fingerprint density at radius 1 is 1.22 bits per heavy atom. The SMILES string of the molecule is C=C(C)N=C1CC2=NCCCCC2=C(/C=C\C)c2ccccc21. The van der Waals surface area contributed by atoms with Crippen LogP contribution in [0.1, 0.15) is 50.7 Å². The van der Waals surface area contributed by atoms with Crippen molar-refractivity contribution in [2.75, 3.05) is 6.54 Å². The van der Waals surface area contributed by atoms with Gasteiger partial charge in [0.05, 0.1) is 5.71 Å². The molecule has 118 valence electrons. The van der Waals surface area contributed by atoms with E-state index in [9.17, 15) is 0 Å². The Morgan fingerprint density at radius 2 is 2.00 bits per heavy atom. The summed E-state index contributed by atoms with van der Waals surface area (Å²) in [5.41, 5.74) is 8.35.